The summed E-state index contributed by atoms with van der Waals surface area (Å²) in [4.78, 5) is 4.28. The number of nitrogens with zero attached hydrogens (tertiary/aromatic N) is 1. The van der Waals surface area contributed by atoms with Crippen LogP contribution in [-0.2, 0) is 6.42 Å². The zero-order valence-corrected chi connectivity index (χ0v) is 13.3. The van der Waals surface area contributed by atoms with Crippen molar-refractivity contribution in [3.8, 4) is 11.1 Å². The van der Waals surface area contributed by atoms with E-state index in [2.05, 4.69) is 11.1 Å². The molecule has 0 radical (unpaired) electrons. The third-order valence-electron chi connectivity index (χ3n) is 3.66. The van der Waals surface area contributed by atoms with E-state index in [4.69, 9.17) is 5.73 Å². The first kappa shape index (κ1) is 17.1. The lowest BCUT2D eigenvalue weighted by Crippen LogP contribution is -2.13. The van der Waals surface area contributed by atoms with Crippen molar-refractivity contribution in [3.63, 3.8) is 0 Å². The van der Waals surface area contributed by atoms with Gasteiger partial charge in [-0.05, 0) is 41.3 Å². The summed E-state index contributed by atoms with van der Waals surface area (Å²) in [7, 11) is 0. The zero-order chi connectivity index (χ0) is 15.4. The number of pyridine rings is 1. The van der Waals surface area contributed by atoms with Crippen LogP contribution < -0.4 is 5.73 Å². The van der Waals surface area contributed by atoms with Crippen LogP contribution in [0.3, 0.4) is 0 Å². The van der Waals surface area contributed by atoms with Crippen molar-refractivity contribution in [3.05, 3.63) is 90.0 Å². The van der Waals surface area contributed by atoms with Crippen molar-refractivity contribution in [2.45, 2.75) is 12.5 Å². The first-order chi connectivity index (χ1) is 10.7. The van der Waals surface area contributed by atoms with E-state index in [1.165, 1.54) is 12.1 Å². The monoisotopic (exact) mass is 328 g/mol. The molecule has 0 aliphatic carbocycles. The van der Waals surface area contributed by atoms with E-state index in [1.54, 1.807) is 18.3 Å². The van der Waals surface area contributed by atoms with Gasteiger partial charge in [0.15, 0.2) is 0 Å². The maximum Gasteiger partial charge on any atom is 0.123 e. The SMILES string of the molecule is Cl.NC(Cc1cncc(-c2ccc(F)cc2)c1)c1ccccc1. The van der Waals surface area contributed by atoms with Crippen molar-refractivity contribution in [2.24, 2.45) is 5.73 Å². The molecule has 1 aromatic heterocycles. The van der Waals surface area contributed by atoms with Crippen molar-refractivity contribution in [1.82, 2.24) is 4.98 Å². The van der Waals surface area contributed by atoms with Gasteiger partial charge in [0.1, 0.15) is 5.82 Å². The standard InChI is InChI=1S/C19H17FN2.ClH/c20-18-8-6-15(7-9-18)17-10-14(12-22-13-17)11-19(21)16-4-2-1-3-5-16;/h1-10,12-13,19H,11,21H2;1H. The largest absolute Gasteiger partial charge is 0.324 e. The number of aromatic nitrogens is 1. The Kier molecular flexibility index (Phi) is 5.85. The van der Waals surface area contributed by atoms with Crippen LogP contribution in [-0.4, -0.2) is 4.98 Å². The summed E-state index contributed by atoms with van der Waals surface area (Å²) in [6.45, 7) is 0. The molecule has 0 saturated heterocycles. The fraction of sp³-hybridized carbons (Fsp3) is 0.105. The minimum Gasteiger partial charge on any atom is -0.324 e. The Labute approximate surface area is 141 Å². The van der Waals surface area contributed by atoms with Crippen LogP contribution in [0.4, 0.5) is 4.39 Å². The number of nitrogens with two attached hydrogens (primary N) is 1. The molecule has 2 nitrogen and oxygen atoms in total. The Balaban J connectivity index is 0.00000192. The minimum atomic E-state index is -0.237. The molecule has 3 aromatic rings. The Bertz CT molecular complexity index is 745. The molecule has 118 valence electrons. The fourth-order valence-corrected chi connectivity index (χ4v) is 2.47. The number of hydrogen-bond donors (Lipinski definition) is 1. The molecule has 0 saturated carbocycles. The van der Waals surface area contributed by atoms with Gasteiger partial charge in [0, 0.05) is 24.0 Å². The molecule has 1 unspecified atom stereocenters. The first-order valence-corrected chi connectivity index (χ1v) is 7.23. The number of halogens is 2. The summed E-state index contributed by atoms with van der Waals surface area (Å²) in [6, 6.07) is 18.4. The van der Waals surface area contributed by atoms with Gasteiger partial charge in [0.05, 0.1) is 0 Å². The van der Waals surface area contributed by atoms with Crippen LogP contribution in [0, 0.1) is 5.82 Å². The highest BCUT2D eigenvalue weighted by Crippen LogP contribution is 2.22. The lowest BCUT2D eigenvalue weighted by Gasteiger charge is -2.12. The Morgan fingerprint density at radius 2 is 1.61 bits per heavy atom. The summed E-state index contributed by atoms with van der Waals surface area (Å²) in [5, 5.41) is 0. The summed E-state index contributed by atoms with van der Waals surface area (Å²) in [5.41, 5.74) is 10.4. The zero-order valence-electron chi connectivity index (χ0n) is 12.5. The Morgan fingerprint density at radius 1 is 0.913 bits per heavy atom. The van der Waals surface area contributed by atoms with E-state index in [1.807, 2.05) is 36.5 Å². The van der Waals surface area contributed by atoms with Gasteiger partial charge >= 0.3 is 0 Å². The van der Waals surface area contributed by atoms with Gasteiger partial charge in [-0.2, -0.15) is 0 Å². The second-order valence-corrected chi connectivity index (χ2v) is 5.31. The van der Waals surface area contributed by atoms with Gasteiger partial charge in [0.2, 0.25) is 0 Å². The second-order valence-electron chi connectivity index (χ2n) is 5.31. The summed E-state index contributed by atoms with van der Waals surface area (Å²) < 4.78 is 13.0. The smallest absolute Gasteiger partial charge is 0.123 e. The number of benzene rings is 2. The maximum absolute atomic E-state index is 13.0. The van der Waals surface area contributed by atoms with Gasteiger partial charge in [-0.25, -0.2) is 4.39 Å². The number of rotatable bonds is 4. The lowest BCUT2D eigenvalue weighted by molar-refractivity contribution is 0.628. The Morgan fingerprint density at radius 3 is 2.30 bits per heavy atom. The van der Waals surface area contributed by atoms with E-state index in [-0.39, 0.29) is 24.3 Å². The molecular formula is C19H18ClFN2. The molecule has 0 fully saturated rings. The third-order valence-corrected chi connectivity index (χ3v) is 3.66. The van der Waals surface area contributed by atoms with Crippen LogP contribution in [0.5, 0.6) is 0 Å². The molecule has 4 heteroatoms. The van der Waals surface area contributed by atoms with Crippen LogP contribution in [0.25, 0.3) is 11.1 Å². The topological polar surface area (TPSA) is 38.9 Å². The fourth-order valence-electron chi connectivity index (χ4n) is 2.47. The third kappa shape index (κ3) is 4.38. The molecule has 1 heterocycles. The predicted octanol–water partition coefficient (Wildman–Crippen LogP) is 4.55. The van der Waals surface area contributed by atoms with Gasteiger partial charge < -0.3 is 5.73 Å². The quantitative estimate of drug-likeness (QED) is 0.763. The molecule has 0 bridgehead atoms. The molecule has 2 aromatic carbocycles. The summed E-state index contributed by atoms with van der Waals surface area (Å²) in [5.74, 6) is -0.237. The van der Waals surface area contributed by atoms with E-state index < -0.39 is 0 Å². The molecule has 0 aliphatic heterocycles. The van der Waals surface area contributed by atoms with E-state index in [9.17, 15) is 4.39 Å². The van der Waals surface area contributed by atoms with Gasteiger partial charge in [-0.1, -0.05) is 42.5 Å². The van der Waals surface area contributed by atoms with Crippen molar-refractivity contribution >= 4 is 12.4 Å². The van der Waals surface area contributed by atoms with Crippen molar-refractivity contribution in [2.75, 3.05) is 0 Å². The summed E-state index contributed by atoms with van der Waals surface area (Å²) in [6.07, 6.45) is 4.33. The van der Waals surface area contributed by atoms with Gasteiger partial charge in [-0.3, -0.25) is 4.98 Å². The average molecular weight is 329 g/mol. The molecular weight excluding hydrogens is 311 g/mol. The van der Waals surface area contributed by atoms with Crippen LogP contribution in [0.1, 0.15) is 17.2 Å². The van der Waals surface area contributed by atoms with Crippen LogP contribution in [0.15, 0.2) is 73.1 Å². The first-order valence-electron chi connectivity index (χ1n) is 7.23. The van der Waals surface area contributed by atoms with E-state index in [0.29, 0.717) is 6.42 Å². The normalized spacial score (nSPS) is 11.6. The maximum atomic E-state index is 13.0. The predicted molar refractivity (Wildman–Crippen MR) is 94.0 cm³/mol. The molecule has 2 N–H and O–H groups in total. The summed E-state index contributed by atoms with van der Waals surface area (Å²) >= 11 is 0. The van der Waals surface area contributed by atoms with Crippen LogP contribution >= 0.6 is 12.4 Å². The number of hydrogen-bond acceptors (Lipinski definition) is 2. The molecule has 3 rings (SSSR count). The highest BCUT2D eigenvalue weighted by atomic mass is 35.5. The van der Waals surface area contributed by atoms with E-state index in [0.717, 1.165) is 22.3 Å². The average Bonchev–Trinajstić information content (AvgIpc) is 2.56. The molecule has 1 atom stereocenters. The van der Waals surface area contributed by atoms with Crippen molar-refractivity contribution < 1.29 is 4.39 Å². The molecule has 23 heavy (non-hydrogen) atoms. The Hall–Kier alpha value is -2.23. The van der Waals surface area contributed by atoms with Crippen molar-refractivity contribution in [1.29, 1.82) is 0 Å². The molecule has 0 amide bonds. The van der Waals surface area contributed by atoms with Crippen LogP contribution in [0.2, 0.25) is 0 Å². The second kappa shape index (κ2) is 7.86. The van der Waals surface area contributed by atoms with Gasteiger partial charge in [-0.15, -0.1) is 12.4 Å². The van der Waals surface area contributed by atoms with Gasteiger partial charge in [0.25, 0.3) is 0 Å². The highest BCUT2D eigenvalue weighted by molar-refractivity contribution is 5.85. The molecule has 0 spiro atoms. The molecule has 0 aliphatic rings. The highest BCUT2D eigenvalue weighted by Gasteiger charge is 2.08. The lowest BCUT2D eigenvalue weighted by atomic mass is 9.98. The minimum absolute atomic E-state index is 0. The van der Waals surface area contributed by atoms with E-state index >= 15 is 0 Å².